The molecule has 92 valence electrons. The third-order valence-corrected chi connectivity index (χ3v) is 3.21. The third-order valence-electron chi connectivity index (χ3n) is 2.70. The van der Waals surface area contributed by atoms with Crippen molar-refractivity contribution in [2.45, 2.75) is 20.8 Å². The molecule has 0 aromatic heterocycles. The summed E-state index contributed by atoms with van der Waals surface area (Å²) in [6.07, 6.45) is 0. The van der Waals surface area contributed by atoms with Crippen LogP contribution in [-0.4, -0.2) is 23.7 Å². The summed E-state index contributed by atoms with van der Waals surface area (Å²) in [4.78, 5) is 23.3. The van der Waals surface area contributed by atoms with Crippen molar-refractivity contribution in [1.82, 2.24) is 0 Å². The molecule has 0 aliphatic carbocycles. The van der Waals surface area contributed by atoms with E-state index < -0.39 is 0 Å². The quantitative estimate of drug-likeness (QED) is 0.487. The summed E-state index contributed by atoms with van der Waals surface area (Å²) in [5, 5.41) is 0.284. The number of ketones is 1. The lowest BCUT2D eigenvalue weighted by molar-refractivity contribution is 0.0525. The lowest BCUT2D eigenvalue weighted by Crippen LogP contribution is -2.11. The predicted molar refractivity (Wildman–Crippen MR) is 70.0 cm³/mol. The van der Waals surface area contributed by atoms with Crippen molar-refractivity contribution in [3.63, 3.8) is 0 Å². The summed E-state index contributed by atoms with van der Waals surface area (Å²) < 4.78 is 4.96. The number of ether oxygens (including phenoxy) is 1. The van der Waals surface area contributed by atoms with Crippen LogP contribution in [0.1, 0.15) is 38.8 Å². The lowest BCUT2D eigenvalue weighted by Gasteiger charge is -2.11. The summed E-state index contributed by atoms with van der Waals surface area (Å²) in [7, 11) is 0. The smallest absolute Gasteiger partial charge is 0.338 e. The van der Waals surface area contributed by atoms with Crippen LogP contribution in [0, 0.1) is 13.8 Å². The Balaban J connectivity index is 3.19. The van der Waals surface area contributed by atoms with Gasteiger partial charge >= 0.3 is 5.97 Å². The maximum absolute atomic E-state index is 11.7. The second-order valence-corrected chi connectivity index (χ2v) is 4.25. The fourth-order valence-corrected chi connectivity index (χ4v) is 1.93. The molecule has 1 aromatic carbocycles. The zero-order chi connectivity index (χ0) is 13.0. The molecule has 0 fully saturated rings. The fraction of sp³-hybridized carbons (Fsp3) is 0.385. The van der Waals surface area contributed by atoms with Crippen LogP contribution in [0.25, 0.3) is 0 Å². The standard InChI is InChI=1S/C13H15BrO3/c1-4-17-13(16)11-6-5-10(12(15)7-14)8(2)9(11)3/h5-6H,4,7H2,1-3H3. The Kier molecular flexibility index (Phi) is 4.87. The van der Waals surface area contributed by atoms with Crippen LogP contribution in [0.5, 0.6) is 0 Å². The second kappa shape index (κ2) is 5.96. The molecule has 0 saturated carbocycles. The zero-order valence-electron chi connectivity index (χ0n) is 10.2. The molecular formula is C13H15BrO3. The van der Waals surface area contributed by atoms with Crippen LogP contribution < -0.4 is 0 Å². The molecule has 0 radical (unpaired) electrons. The molecule has 0 unspecified atom stereocenters. The van der Waals surface area contributed by atoms with Crippen LogP contribution in [0.3, 0.4) is 0 Å². The van der Waals surface area contributed by atoms with Crippen molar-refractivity contribution in [3.05, 3.63) is 34.4 Å². The topological polar surface area (TPSA) is 43.4 Å². The highest BCUT2D eigenvalue weighted by molar-refractivity contribution is 9.09. The van der Waals surface area contributed by atoms with Gasteiger partial charge in [0.2, 0.25) is 0 Å². The van der Waals surface area contributed by atoms with Gasteiger partial charge in [-0.25, -0.2) is 4.79 Å². The SMILES string of the molecule is CCOC(=O)c1ccc(C(=O)CBr)c(C)c1C. The first-order valence-electron chi connectivity index (χ1n) is 5.39. The van der Waals surface area contributed by atoms with Crippen molar-refractivity contribution in [2.75, 3.05) is 11.9 Å². The van der Waals surface area contributed by atoms with E-state index in [4.69, 9.17) is 4.74 Å². The monoisotopic (exact) mass is 298 g/mol. The molecule has 0 aliphatic heterocycles. The Morgan fingerprint density at radius 3 is 2.24 bits per heavy atom. The second-order valence-electron chi connectivity index (χ2n) is 3.69. The molecule has 1 aromatic rings. The van der Waals surface area contributed by atoms with Crippen LogP contribution in [0.4, 0.5) is 0 Å². The first-order chi connectivity index (χ1) is 8.02. The van der Waals surface area contributed by atoms with E-state index in [0.717, 1.165) is 11.1 Å². The normalized spacial score (nSPS) is 10.1. The molecule has 4 heteroatoms. The molecule has 0 heterocycles. The summed E-state index contributed by atoms with van der Waals surface area (Å²) in [6, 6.07) is 3.33. The van der Waals surface area contributed by atoms with Crippen molar-refractivity contribution in [3.8, 4) is 0 Å². The van der Waals surface area contributed by atoms with Crippen molar-refractivity contribution < 1.29 is 14.3 Å². The number of benzene rings is 1. The van der Waals surface area contributed by atoms with E-state index in [-0.39, 0.29) is 17.1 Å². The minimum absolute atomic E-state index is 0.0148. The summed E-state index contributed by atoms with van der Waals surface area (Å²) in [5.41, 5.74) is 2.80. The summed E-state index contributed by atoms with van der Waals surface area (Å²) >= 11 is 3.14. The average molecular weight is 299 g/mol. The van der Waals surface area contributed by atoms with Gasteiger partial charge in [-0.2, -0.15) is 0 Å². The van der Waals surface area contributed by atoms with E-state index in [9.17, 15) is 9.59 Å². The van der Waals surface area contributed by atoms with Gasteiger partial charge in [-0.05, 0) is 38.0 Å². The minimum atomic E-state index is -0.342. The minimum Gasteiger partial charge on any atom is -0.462 e. The molecule has 17 heavy (non-hydrogen) atoms. The van der Waals surface area contributed by atoms with E-state index in [1.807, 2.05) is 13.8 Å². The summed E-state index contributed by atoms with van der Waals surface area (Å²) in [6.45, 7) is 5.78. The van der Waals surface area contributed by atoms with E-state index >= 15 is 0 Å². The van der Waals surface area contributed by atoms with E-state index in [2.05, 4.69) is 15.9 Å². The van der Waals surface area contributed by atoms with E-state index in [1.165, 1.54) is 0 Å². The first kappa shape index (κ1) is 13.9. The Morgan fingerprint density at radius 2 is 1.71 bits per heavy atom. The maximum atomic E-state index is 11.7. The van der Waals surface area contributed by atoms with Gasteiger partial charge in [0, 0.05) is 5.56 Å². The van der Waals surface area contributed by atoms with Gasteiger partial charge < -0.3 is 4.74 Å². The Labute approximate surface area is 109 Å². The molecular weight excluding hydrogens is 284 g/mol. The van der Waals surface area contributed by atoms with Gasteiger partial charge in [0.1, 0.15) is 0 Å². The number of hydrogen-bond donors (Lipinski definition) is 0. The Hall–Kier alpha value is -1.16. The molecule has 0 amide bonds. The van der Waals surface area contributed by atoms with Crippen LogP contribution in [0.15, 0.2) is 12.1 Å². The molecule has 0 spiro atoms. The average Bonchev–Trinajstić information content (AvgIpc) is 2.31. The van der Waals surface area contributed by atoms with Gasteiger partial charge in [-0.15, -0.1) is 0 Å². The number of esters is 1. The number of Topliss-reactive ketones (excluding diaryl/α,β-unsaturated/α-hetero) is 1. The molecule has 0 aliphatic rings. The molecule has 1 rings (SSSR count). The van der Waals surface area contributed by atoms with Crippen molar-refractivity contribution >= 4 is 27.7 Å². The van der Waals surface area contributed by atoms with Crippen molar-refractivity contribution in [1.29, 1.82) is 0 Å². The van der Waals surface area contributed by atoms with Gasteiger partial charge in [0.25, 0.3) is 0 Å². The Morgan fingerprint density at radius 1 is 1.18 bits per heavy atom. The van der Waals surface area contributed by atoms with Crippen LogP contribution in [-0.2, 0) is 4.74 Å². The van der Waals surface area contributed by atoms with E-state index in [0.29, 0.717) is 17.7 Å². The van der Waals surface area contributed by atoms with Gasteiger partial charge in [-0.3, -0.25) is 4.79 Å². The zero-order valence-corrected chi connectivity index (χ0v) is 11.8. The number of halogens is 1. The molecule has 0 bridgehead atoms. The van der Waals surface area contributed by atoms with Crippen LogP contribution >= 0.6 is 15.9 Å². The maximum Gasteiger partial charge on any atom is 0.338 e. The fourth-order valence-electron chi connectivity index (χ4n) is 1.62. The van der Waals surface area contributed by atoms with Crippen molar-refractivity contribution in [2.24, 2.45) is 0 Å². The predicted octanol–water partition coefficient (Wildman–Crippen LogP) is 3.06. The lowest BCUT2D eigenvalue weighted by atomic mass is 9.96. The first-order valence-corrected chi connectivity index (χ1v) is 6.51. The molecule has 0 N–H and O–H groups in total. The highest BCUT2D eigenvalue weighted by atomic mass is 79.9. The Bertz CT molecular complexity index is 452. The van der Waals surface area contributed by atoms with Crippen LogP contribution in [0.2, 0.25) is 0 Å². The highest BCUT2D eigenvalue weighted by Crippen LogP contribution is 2.19. The summed E-state index contributed by atoms with van der Waals surface area (Å²) in [5.74, 6) is -0.327. The molecule has 0 atom stereocenters. The number of carbonyl (C=O) groups excluding carboxylic acids is 2. The number of alkyl halides is 1. The van der Waals surface area contributed by atoms with Gasteiger partial charge in [-0.1, -0.05) is 22.0 Å². The number of hydrogen-bond acceptors (Lipinski definition) is 3. The highest BCUT2D eigenvalue weighted by Gasteiger charge is 2.16. The number of rotatable bonds is 4. The largest absolute Gasteiger partial charge is 0.462 e. The number of carbonyl (C=O) groups is 2. The van der Waals surface area contributed by atoms with Gasteiger partial charge in [0.15, 0.2) is 5.78 Å². The third kappa shape index (κ3) is 2.94. The molecule has 0 saturated heterocycles. The van der Waals surface area contributed by atoms with Gasteiger partial charge in [0.05, 0.1) is 17.5 Å². The molecule has 3 nitrogen and oxygen atoms in total. The van der Waals surface area contributed by atoms with E-state index in [1.54, 1.807) is 19.1 Å².